The van der Waals surface area contributed by atoms with Crippen molar-refractivity contribution in [1.29, 1.82) is 0 Å². The van der Waals surface area contributed by atoms with Crippen LogP contribution in [0.25, 0.3) is 0 Å². The van der Waals surface area contributed by atoms with Crippen molar-refractivity contribution in [2.75, 3.05) is 23.3 Å². The normalized spacial score (nSPS) is 14.9. The van der Waals surface area contributed by atoms with Gasteiger partial charge in [-0.2, -0.15) is 13.2 Å². The van der Waals surface area contributed by atoms with Crippen molar-refractivity contribution in [3.05, 3.63) is 40.9 Å². The van der Waals surface area contributed by atoms with Gasteiger partial charge in [-0.3, -0.25) is 9.69 Å². The zero-order valence-electron chi connectivity index (χ0n) is 13.5. The molecule has 0 aliphatic carbocycles. The number of carbonyl (C=O) groups is 2. The fourth-order valence-corrected chi connectivity index (χ4v) is 3.31. The van der Waals surface area contributed by atoms with Crippen LogP contribution in [0.1, 0.15) is 17.7 Å². The number of nitrogens with one attached hydrogen (secondary N) is 2. The summed E-state index contributed by atoms with van der Waals surface area (Å²) in [6.07, 6.45) is -3.77. The minimum Gasteiger partial charge on any atom is -0.338 e. The summed E-state index contributed by atoms with van der Waals surface area (Å²) in [5.41, 5.74) is -0.314. The van der Waals surface area contributed by atoms with Gasteiger partial charge in [0.1, 0.15) is 0 Å². The van der Waals surface area contributed by atoms with E-state index in [1.54, 1.807) is 5.38 Å². The van der Waals surface area contributed by atoms with Gasteiger partial charge in [0, 0.05) is 24.2 Å². The maximum absolute atomic E-state index is 12.7. The molecule has 6 nitrogen and oxygen atoms in total. The lowest BCUT2D eigenvalue weighted by Crippen LogP contribution is -2.46. The summed E-state index contributed by atoms with van der Waals surface area (Å²) in [7, 11) is 0. The molecular weight excluding hydrogens is 369 g/mol. The first-order chi connectivity index (χ1) is 12.3. The molecule has 3 amide bonds. The van der Waals surface area contributed by atoms with Gasteiger partial charge in [0.25, 0.3) is 0 Å². The molecule has 0 unspecified atom stereocenters. The third kappa shape index (κ3) is 4.31. The second-order valence-corrected chi connectivity index (χ2v) is 6.50. The van der Waals surface area contributed by atoms with Gasteiger partial charge in [-0.1, -0.05) is 6.07 Å². The Balaban J connectivity index is 1.63. The molecule has 1 aliphatic heterocycles. The van der Waals surface area contributed by atoms with Crippen molar-refractivity contribution in [3.63, 3.8) is 0 Å². The first kappa shape index (κ1) is 18.2. The molecule has 1 saturated heterocycles. The molecule has 1 aliphatic rings. The standard InChI is InChI=1S/C16H15F3N4O2S/c17-16(18,19)10-3-1-4-11(7-10)21-13(24)8-12-9-26-15(22-12)23-6-2-5-20-14(23)25/h1,3-4,7,9H,2,5-6,8H2,(H,20,25)(H,21,24). The van der Waals surface area contributed by atoms with Gasteiger partial charge >= 0.3 is 12.2 Å². The van der Waals surface area contributed by atoms with E-state index >= 15 is 0 Å². The number of halogens is 3. The molecule has 2 N–H and O–H groups in total. The lowest BCUT2D eigenvalue weighted by Gasteiger charge is -2.24. The number of rotatable bonds is 4. The van der Waals surface area contributed by atoms with E-state index in [1.165, 1.54) is 28.4 Å². The van der Waals surface area contributed by atoms with Crippen molar-refractivity contribution < 1.29 is 22.8 Å². The Hall–Kier alpha value is -2.62. The fourth-order valence-electron chi connectivity index (χ4n) is 2.46. The highest BCUT2D eigenvalue weighted by Gasteiger charge is 2.30. The van der Waals surface area contributed by atoms with E-state index in [4.69, 9.17) is 0 Å². The number of urea groups is 1. The average molecular weight is 384 g/mol. The van der Waals surface area contributed by atoms with Crippen molar-refractivity contribution >= 4 is 34.1 Å². The summed E-state index contributed by atoms with van der Waals surface area (Å²) < 4.78 is 38.1. The highest BCUT2D eigenvalue weighted by atomic mass is 32.1. The number of amides is 3. The van der Waals surface area contributed by atoms with Crippen molar-refractivity contribution in [1.82, 2.24) is 10.3 Å². The molecule has 0 spiro atoms. The first-order valence-corrected chi connectivity index (χ1v) is 8.68. The van der Waals surface area contributed by atoms with Crippen LogP contribution in [0.15, 0.2) is 29.6 Å². The predicted octanol–water partition coefficient (Wildman–Crippen LogP) is 3.26. The Morgan fingerprint density at radius 2 is 2.19 bits per heavy atom. The fraction of sp³-hybridized carbons (Fsp3) is 0.312. The van der Waals surface area contributed by atoms with Gasteiger partial charge < -0.3 is 10.6 Å². The minimum absolute atomic E-state index is 0.0655. The Kier molecular flexibility index (Phi) is 5.12. The van der Waals surface area contributed by atoms with Crippen LogP contribution in [-0.2, 0) is 17.4 Å². The second kappa shape index (κ2) is 7.32. The number of nitrogens with zero attached hydrogens (tertiary/aromatic N) is 2. The molecule has 1 aromatic carbocycles. The number of thiazole rings is 1. The quantitative estimate of drug-likeness (QED) is 0.850. The summed E-state index contributed by atoms with van der Waals surface area (Å²) in [5, 5.41) is 7.29. The van der Waals surface area contributed by atoms with Crippen molar-refractivity contribution in [2.45, 2.75) is 19.0 Å². The summed E-state index contributed by atoms with van der Waals surface area (Å²) in [6.45, 7) is 1.17. The molecule has 2 heterocycles. The summed E-state index contributed by atoms with van der Waals surface area (Å²) >= 11 is 1.24. The van der Waals surface area contributed by atoms with E-state index in [-0.39, 0.29) is 18.1 Å². The van der Waals surface area contributed by atoms with Gasteiger partial charge in [-0.05, 0) is 24.6 Å². The van der Waals surface area contributed by atoms with Crippen molar-refractivity contribution in [3.8, 4) is 0 Å². The zero-order chi connectivity index (χ0) is 18.7. The smallest absolute Gasteiger partial charge is 0.338 e. The molecule has 10 heteroatoms. The molecule has 0 radical (unpaired) electrons. The Morgan fingerprint density at radius 3 is 2.92 bits per heavy atom. The molecule has 26 heavy (non-hydrogen) atoms. The third-order valence-corrected chi connectivity index (χ3v) is 4.58. The maximum Gasteiger partial charge on any atom is 0.416 e. The topological polar surface area (TPSA) is 74.3 Å². The second-order valence-electron chi connectivity index (χ2n) is 5.66. The third-order valence-electron chi connectivity index (χ3n) is 3.67. The lowest BCUT2D eigenvalue weighted by atomic mass is 10.2. The Labute approximate surface area is 151 Å². The van der Waals surface area contributed by atoms with Crippen LogP contribution in [0, 0.1) is 0 Å². The molecule has 0 saturated carbocycles. The van der Waals surface area contributed by atoms with E-state index < -0.39 is 17.6 Å². The van der Waals surface area contributed by atoms with E-state index in [9.17, 15) is 22.8 Å². The largest absolute Gasteiger partial charge is 0.416 e. The SMILES string of the molecule is O=C(Cc1csc(N2CCCNC2=O)n1)Nc1cccc(C(F)(F)F)c1. The van der Waals surface area contributed by atoms with E-state index in [1.807, 2.05) is 0 Å². The average Bonchev–Trinajstić information content (AvgIpc) is 3.02. The van der Waals surface area contributed by atoms with Crippen LogP contribution >= 0.6 is 11.3 Å². The highest BCUT2D eigenvalue weighted by molar-refractivity contribution is 7.14. The highest BCUT2D eigenvalue weighted by Crippen LogP contribution is 2.30. The van der Waals surface area contributed by atoms with Crippen LogP contribution in [0.2, 0.25) is 0 Å². The van der Waals surface area contributed by atoms with Crippen molar-refractivity contribution in [2.24, 2.45) is 0 Å². The predicted molar refractivity (Wildman–Crippen MR) is 91.3 cm³/mol. The van der Waals surface area contributed by atoms with E-state index in [2.05, 4.69) is 15.6 Å². The first-order valence-electron chi connectivity index (χ1n) is 7.80. The number of carbonyl (C=O) groups excluding carboxylic acids is 2. The Morgan fingerprint density at radius 1 is 1.38 bits per heavy atom. The Bertz CT molecular complexity index is 822. The monoisotopic (exact) mass is 384 g/mol. The number of alkyl halides is 3. The molecule has 0 atom stereocenters. The summed E-state index contributed by atoms with van der Waals surface area (Å²) in [5.74, 6) is -0.482. The van der Waals surface area contributed by atoms with Crippen LogP contribution in [0.3, 0.4) is 0 Å². The van der Waals surface area contributed by atoms with Gasteiger partial charge in [0.05, 0.1) is 17.7 Å². The van der Waals surface area contributed by atoms with Crippen LogP contribution in [0.4, 0.5) is 28.8 Å². The number of aromatic nitrogens is 1. The van der Waals surface area contributed by atoms with Gasteiger partial charge in [0.2, 0.25) is 5.91 Å². The van der Waals surface area contributed by atoms with Crippen LogP contribution < -0.4 is 15.5 Å². The van der Waals surface area contributed by atoms with Crippen LogP contribution in [-0.4, -0.2) is 30.0 Å². The molecule has 2 aromatic rings. The van der Waals surface area contributed by atoms with E-state index in [0.29, 0.717) is 23.9 Å². The van der Waals surface area contributed by atoms with Crippen LogP contribution in [0.5, 0.6) is 0 Å². The molecule has 3 rings (SSSR count). The molecule has 0 bridgehead atoms. The summed E-state index contributed by atoms with van der Waals surface area (Å²) in [6, 6.07) is 4.20. The molecular formula is C16H15F3N4O2S. The molecule has 1 aromatic heterocycles. The minimum atomic E-state index is -4.47. The maximum atomic E-state index is 12.7. The number of hydrogen-bond acceptors (Lipinski definition) is 4. The van der Waals surface area contributed by atoms with Gasteiger partial charge in [-0.15, -0.1) is 11.3 Å². The molecule has 138 valence electrons. The van der Waals surface area contributed by atoms with Gasteiger partial charge in [0.15, 0.2) is 5.13 Å². The number of hydrogen-bond donors (Lipinski definition) is 2. The van der Waals surface area contributed by atoms with E-state index in [0.717, 1.165) is 18.6 Å². The lowest BCUT2D eigenvalue weighted by molar-refractivity contribution is -0.137. The molecule has 1 fully saturated rings. The zero-order valence-corrected chi connectivity index (χ0v) is 14.3. The summed E-state index contributed by atoms with van der Waals surface area (Å²) in [4.78, 5) is 29.6. The number of anilines is 2. The van der Waals surface area contributed by atoms with Gasteiger partial charge in [-0.25, -0.2) is 9.78 Å². The number of benzene rings is 1.